The average Bonchev–Trinajstić information content (AvgIpc) is 1.86. The molecule has 1 aliphatic rings. The molecule has 0 fully saturated rings. The fourth-order valence-electron chi connectivity index (χ4n) is 0.436. The van der Waals surface area contributed by atoms with E-state index in [0.29, 0.717) is 4.95 Å². The molecule has 0 aromatic rings. The lowest BCUT2D eigenvalue weighted by Gasteiger charge is -1.92. The molecule has 34 valence electrons. The molecule has 0 saturated heterocycles. The number of nitrogens with one attached hydrogen (secondary N) is 1. The van der Waals surface area contributed by atoms with Crippen molar-refractivity contribution in [3.63, 3.8) is 0 Å². The largest absolute Gasteiger partial charge is 0.298 e. The van der Waals surface area contributed by atoms with Crippen LogP contribution in [-0.4, -0.2) is 11.5 Å². The Kier molecular flexibility index (Phi) is 1.27. The van der Waals surface area contributed by atoms with Crippen LogP contribution < -0.4 is 5.32 Å². The summed E-state index contributed by atoms with van der Waals surface area (Å²) in [5.41, 5.74) is 0. The van der Waals surface area contributed by atoms with Crippen LogP contribution in [0.3, 0.4) is 0 Å². The van der Waals surface area contributed by atoms with Gasteiger partial charge in [-0.05, 0) is 0 Å². The fraction of sp³-hybridized carbons (Fsp3) is 0.500. The smallest absolute Gasteiger partial charge is 0.0819 e. The zero-order valence-electron chi connectivity index (χ0n) is 3.32. The van der Waals surface area contributed by atoms with Gasteiger partial charge in [0.1, 0.15) is 0 Å². The van der Waals surface area contributed by atoms with Crippen LogP contribution in [0.25, 0.3) is 0 Å². The lowest BCUT2D eigenvalue weighted by molar-refractivity contribution is 0.858. The molecule has 0 aliphatic carbocycles. The van der Waals surface area contributed by atoms with Crippen molar-refractivity contribution < 1.29 is 0 Å². The van der Waals surface area contributed by atoms with E-state index in [1.54, 1.807) is 0 Å². The standard InChI is InChI=1S/C4H6BrN/c5-4-2-1-3-6-4/h1-2,4,6H,3H2. The predicted octanol–water partition coefficient (Wildman–Crippen LogP) is 0.867. The molecule has 1 nitrogen and oxygen atoms in total. The van der Waals surface area contributed by atoms with Gasteiger partial charge in [-0.25, -0.2) is 0 Å². The first-order valence-corrected chi connectivity index (χ1v) is 2.85. The van der Waals surface area contributed by atoms with Gasteiger partial charge in [-0.1, -0.05) is 28.1 Å². The van der Waals surface area contributed by atoms with Gasteiger partial charge < -0.3 is 0 Å². The summed E-state index contributed by atoms with van der Waals surface area (Å²) >= 11 is 3.34. The molecule has 1 rings (SSSR count). The predicted molar refractivity (Wildman–Crippen MR) is 29.9 cm³/mol. The molecule has 1 unspecified atom stereocenters. The minimum Gasteiger partial charge on any atom is -0.298 e. The Morgan fingerprint density at radius 1 is 1.83 bits per heavy atom. The normalized spacial score (nSPS) is 31.8. The summed E-state index contributed by atoms with van der Waals surface area (Å²) in [6, 6.07) is 0. The van der Waals surface area contributed by atoms with Gasteiger partial charge in [0.25, 0.3) is 0 Å². The van der Waals surface area contributed by atoms with Crippen LogP contribution in [0.1, 0.15) is 0 Å². The van der Waals surface area contributed by atoms with Crippen LogP contribution in [0.5, 0.6) is 0 Å². The van der Waals surface area contributed by atoms with Crippen molar-refractivity contribution in [3.05, 3.63) is 12.2 Å². The monoisotopic (exact) mass is 147 g/mol. The van der Waals surface area contributed by atoms with Gasteiger partial charge in [-0.15, -0.1) is 0 Å². The minimum absolute atomic E-state index is 0.428. The van der Waals surface area contributed by atoms with Gasteiger partial charge in [0, 0.05) is 6.54 Å². The zero-order chi connectivity index (χ0) is 4.41. The van der Waals surface area contributed by atoms with Crippen LogP contribution in [0.4, 0.5) is 0 Å². The van der Waals surface area contributed by atoms with E-state index in [4.69, 9.17) is 0 Å². The fourth-order valence-corrected chi connectivity index (χ4v) is 0.839. The highest BCUT2D eigenvalue weighted by atomic mass is 79.9. The van der Waals surface area contributed by atoms with Crippen LogP contribution in [0, 0.1) is 0 Å². The maximum Gasteiger partial charge on any atom is 0.0819 e. The van der Waals surface area contributed by atoms with Crippen molar-refractivity contribution in [1.82, 2.24) is 5.32 Å². The van der Waals surface area contributed by atoms with E-state index < -0.39 is 0 Å². The number of halogens is 1. The molecule has 0 amide bonds. The summed E-state index contributed by atoms with van der Waals surface area (Å²) in [6.45, 7) is 1.01. The van der Waals surface area contributed by atoms with Crippen molar-refractivity contribution >= 4 is 15.9 Å². The maximum absolute atomic E-state index is 3.34. The van der Waals surface area contributed by atoms with Gasteiger partial charge >= 0.3 is 0 Å². The van der Waals surface area contributed by atoms with Crippen molar-refractivity contribution in [2.75, 3.05) is 6.54 Å². The molecule has 0 spiro atoms. The number of hydrogen-bond acceptors (Lipinski definition) is 1. The zero-order valence-corrected chi connectivity index (χ0v) is 4.90. The van der Waals surface area contributed by atoms with E-state index >= 15 is 0 Å². The molecule has 1 N–H and O–H groups in total. The highest BCUT2D eigenvalue weighted by Crippen LogP contribution is 2.00. The van der Waals surface area contributed by atoms with Gasteiger partial charge in [0.05, 0.1) is 4.95 Å². The van der Waals surface area contributed by atoms with Gasteiger partial charge in [0.15, 0.2) is 0 Å². The topological polar surface area (TPSA) is 12.0 Å². The Bertz CT molecular complexity index is 69.9. The lowest BCUT2D eigenvalue weighted by atomic mass is 10.6. The SMILES string of the molecule is BrC1C=CCN1. The maximum atomic E-state index is 3.34. The molecule has 6 heavy (non-hydrogen) atoms. The third-order valence-electron chi connectivity index (χ3n) is 0.736. The second kappa shape index (κ2) is 1.76. The van der Waals surface area contributed by atoms with Crippen molar-refractivity contribution in [1.29, 1.82) is 0 Å². The highest BCUT2D eigenvalue weighted by Gasteiger charge is 1.98. The first-order chi connectivity index (χ1) is 2.89. The van der Waals surface area contributed by atoms with Crippen molar-refractivity contribution in [2.24, 2.45) is 0 Å². The molecular weight excluding hydrogens is 142 g/mol. The Hall–Kier alpha value is 0.180. The molecule has 0 bridgehead atoms. The quantitative estimate of drug-likeness (QED) is 0.305. The summed E-state index contributed by atoms with van der Waals surface area (Å²) in [5.74, 6) is 0. The highest BCUT2D eigenvalue weighted by molar-refractivity contribution is 9.09. The van der Waals surface area contributed by atoms with E-state index in [2.05, 4.69) is 33.4 Å². The molecular formula is C4H6BrN. The number of rotatable bonds is 0. The molecule has 1 heterocycles. The van der Waals surface area contributed by atoms with Crippen LogP contribution >= 0.6 is 15.9 Å². The van der Waals surface area contributed by atoms with Gasteiger partial charge in [-0.3, -0.25) is 5.32 Å². The molecule has 1 aliphatic heterocycles. The Morgan fingerprint density at radius 2 is 2.67 bits per heavy atom. The first-order valence-electron chi connectivity index (χ1n) is 1.94. The van der Waals surface area contributed by atoms with Gasteiger partial charge in [0.2, 0.25) is 0 Å². The average molecular weight is 148 g/mol. The van der Waals surface area contributed by atoms with E-state index in [9.17, 15) is 0 Å². The van der Waals surface area contributed by atoms with Gasteiger partial charge in [-0.2, -0.15) is 0 Å². The first kappa shape index (κ1) is 4.34. The Morgan fingerprint density at radius 3 is 2.83 bits per heavy atom. The lowest BCUT2D eigenvalue weighted by Crippen LogP contribution is -2.13. The van der Waals surface area contributed by atoms with Crippen LogP contribution in [-0.2, 0) is 0 Å². The van der Waals surface area contributed by atoms with Crippen molar-refractivity contribution in [3.8, 4) is 0 Å². The number of alkyl halides is 1. The molecule has 0 aromatic carbocycles. The summed E-state index contributed by atoms with van der Waals surface area (Å²) in [5, 5.41) is 3.12. The third kappa shape index (κ3) is 0.820. The number of hydrogen-bond donors (Lipinski definition) is 1. The van der Waals surface area contributed by atoms with Crippen LogP contribution in [0.15, 0.2) is 12.2 Å². The second-order valence-corrected chi connectivity index (χ2v) is 2.22. The molecule has 1 atom stereocenters. The second-order valence-electron chi connectivity index (χ2n) is 1.24. The minimum atomic E-state index is 0.428. The molecule has 0 saturated carbocycles. The molecule has 0 aromatic heterocycles. The van der Waals surface area contributed by atoms with E-state index in [1.807, 2.05) is 0 Å². The summed E-state index contributed by atoms with van der Waals surface area (Å²) in [6.07, 6.45) is 4.18. The van der Waals surface area contributed by atoms with E-state index in [1.165, 1.54) is 0 Å². The van der Waals surface area contributed by atoms with E-state index in [0.717, 1.165) is 6.54 Å². The summed E-state index contributed by atoms with van der Waals surface area (Å²) < 4.78 is 0. The van der Waals surface area contributed by atoms with Crippen molar-refractivity contribution in [2.45, 2.75) is 4.95 Å². The van der Waals surface area contributed by atoms with Crippen LogP contribution in [0.2, 0.25) is 0 Å². The summed E-state index contributed by atoms with van der Waals surface area (Å²) in [4.78, 5) is 0.428. The van der Waals surface area contributed by atoms with E-state index in [-0.39, 0.29) is 0 Å². The Labute approximate surface area is 45.6 Å². The Balaban J connectivity index is 2.38. The third-order valence-corrected chi connectivity index (χ3v) is 1.36. The summed E-state index contributed by atoms with van der Waals surface area (Å²) in [7, 11) is 0. The molecule has 2 heteroatoms. The molecule has 0 radical (unpaired) electrons.